The average Bonchev–Trinajstić information content (AvgIpc) is 2.26. The van der Waals surface area contributed by atoms with Gasteiger partial charge in [-0.25, -0.2) is 4.79 Å². The van der Waals surface area contributed by atoms with Gasteiger partial charge in [-0.3, -0.25) is 0 Å². The maximum absolute atomic E-state index is 11.3. The van der Waals surface area contributed by atoms with E-state index < -0.39 is 5.97 Å². The normalized spacial score (nSPS) is 12.8. The minimum Gasteiger partial charge on any atom is -0.478 e. The largest absolute Gasteiger partial charge is 0.478 e. The molecule has 0 heterocycles. The molecule has 0 aliphatic carbocycles. The molecule has 1 rings (SSSR count). The first kappa shape index (κ1) is 15.8. The lowest BCUT2D eigenvalue weighted by atomic mass is 10.0. The van der Waals surface area contributed by atoms with Crippen LogP contribution in [0.1, 0.15) is 24.2 Å². The van der Waals surface area contributed by atoms with E-state index in [2.05, 4.69) is 24.1 Å². The summed E-state index contributed by atoms with van der Waals surface area (Å²) in [5.41, 5.74) is 0.703. The second-order valence-corrected chi connectivity index (χ2v) is 5.63. The van der Waals surface area contributed by atoms with Crippen LogP contribution in [0.15, 0.2) is 18.2 Å². The topological polar surface area (TPSA) is 52.6 Å². The molecule has 1 atom stereocenters. The van der Waals surface area contributed by atoms with E-state index in [-0.39, 0.29) is 16.6 Å². The van der Waals surface area contributed by atoms with Gasteiger partial charge in [-0.1, -0.05) is 31.5 Å². The van der Waals surface area contributed by atoms with E-state index in [4.69, 9.17) is 11.6 Å². The third kappa shape index (κ3) is 4.40. The molecule has 0 saturated heterocycles. The number of hydrogen-bond donors (Lipinski definition) is 2. The van der Waals surface area contributed by atoms with E-state index in [0.29, 0.717) is 11.6 Å². The minimum absolute atomic E-state index is 0.133. The summed E-state index contributed by atoms with van der Waals surface area (Å²) in [6, 6.07) is 5.25. The van der Waals surface area contributed by atoms with E-state index in [9.17, 15) is 9.90 Å². The molecule has 0 amide bonds. The van der Waals surface area contributed by atoms with Gasteiger partial charge in [0, 0.05) is 12.6 Å². The van der Waals surface area contributed by atoms with Crippen molar-refractivity contribution < 1.29 is 9.90 Å². The highest BCUT2D eigenvalue weighted by molar-refractivity contribution is 6.34. The summed E-state index contributed by atoms with van der Waals surface area (Å²) >= 11 is 5.96. The third-order valence-corrected chi connectivity index (χ3v) is 3.25. The fourth-order valence-electron chi connectivity index (χ4n) is 1.88. The Hall–Kier alpha value is -1.26. The molecule has 106 valence electrons. The van der Waals surface area contributed by atoms with Crippen LogP contribution in [0.5, 0.6) is 0 Å². The van der Waals surface area contributed by atoms with Gasteiger partial charge in [-0.05, 0) is 32.1 Å². The molecular weight excluding hydrogens is 264 g/mol. The predicted molar refractivity (Wildman–Crippen MR) is 79.2 cm³/mol. The first-order chi connectivity index (χ1) is 8.82. The van der Waals surface area contributed by atoms with Crippen molar-refractivity contribution in [3.63, 3.8) is 0 Å². The van der Waals surface area contributed by atoms with Crippen LogP contribution < -0.4 is 5.32 Å². The first-order valence-corrected chi connectivity index (χ1v) is 6.63. The number of likely N-dealkylation sites (N-methyl/N-ethyl adjacent to an activating group) is 1. The number of anilines is 1. The number of nitrogens with zero attached hydrogens (tertiary/aromatic N) is 1. The molecule has 1 aromatic rings. The Labute approximate surface area is 119 Å². The molecule has 0 aromatic heterocycles. The second kappa shape index (κ2) is 6.78. The van der Waals surface area contributed by atoms with E-state index in [0.717, 1.165) is 6.54 Å². The van der Waals surface area contributed by atoms with E-state index in [1.807, 2.05) is 14.1 Å². The van der Waals surface area contributed by atoms with Crippen molar-refractivity contribution in [2.45, 2.75) is 19.9 Å². The molecule has 0 aliphatic heterocycles. The zero-order chi connectivity index (χ0) is 14.6. The van der Waals surface area contributed by atoms with E-state index in [1.54, 1.807) is 18.2 Å². The summed E-state index contributed by atoms with van der Waals surface area (Å²) < 4.78 is 0. The summed E-state index contributed by atoms with van der Waals surface area (Å²) in [6.45, 7) is 5.03. The second-order valence-electron chi connectivity index (χ2n) is 5.22. The standard InChI is InChI=1S/C14H21ClN2O2/c1-9(2)12(8-17(3)4)16-11-7-5-6-10(15)13(11)14(18)19/h5-7,9,12,16H,8H2,1-4H3,(H,18,19). The molecule has 0 bridgehead atoms. The number of carboxylic acid groups (broad SMARTS) is 1. The highest BCUT2D eigenvalue weighted by atomic mass is 35.5. The van der Waals surface area contributed by atoms with Gasteiger partial charge >= 0.3 is 5.97 Å². The van der Waals surface area contributed by atoms with Gasteiger partial charge in [0.05, 0.1) is 10.7 Å². The Kier molecular flexibility index (Phi) is 5.63. The Morgan fingerprint density at radius 1 is 1.42 bits per heavy atom. The van der Waals surface area contributed by atoms with Gasteiger partial charge in [-0.15, -0.1) is 0 Å². The zero-order valence-electron chi connectivity index (χ0n) is 11.8. The number of rotatable bonds is 6. The number of nitrogens with one attached hydrogen (secondary N) is 1. The van der Waals surface area contributed by atoms with Gasteiger partial charge in [0.1, 0.15) is 5.56 Å². The Bertz CT molecular complexity index is 447. The molecule has 0 saturated carbocycles. The van der Waals surface area contributed by atoms with Gasteiger partial charge < -0.3 is 15.3 Å². The smallest absolute Gasteiger partial charge is 0.339 e. The van der Waals surface area contributed by atoms with Crippen LogP contribution in [-0.4, -0.2) is 42.7 Å². The molecule has 0 fully saturated rings. The summed E-state index contributed by atoms with van der Waals surface area (Å²) in [5.74, 6) is -0.636. The molecular formula is C14H21ClN2O2. The van der Waals surface area contributed by atoms with E-state index in [1.165, 1.54) is 0 Å². The molecule has 0 spiro atoms. The lowest BCUT2D eigenvalue weighted by Gasteiger charge is -2.27. The summed E-state index contributed by atoms with van der Waals surface area (Å²) in [6.07, 6.45) is 0. The Morgan fingerprint density at radius 3 is 2.53 bits per heavy atom. The van der Waals surface area contributed by atoms with Crippen LogP contribution in [0.3, 0.4) is 0 Å². The van der Waals surface area contributed by atoms with Crippen LogP contribution in [0, 0.1) is 5.92 Å². The van der Waals surface area contributed by atoms with Crippen molar-refractivity contribution in [2.24, 2.45) is 5.92 Å². The van der Waals surface area contributed by atoms with E-state index >= 15 is 0 Å². The molecule has 0 aliphatic rings. The monoisotopic (exact) mass is 284 g/mol. The Morgan fingerprint density at radius 2 is 2.05 bits per heavy atom. The number of benzene rings is 1. The highest BCUT2D eigenvalue weighted by Crippen LogP contribution is 2.26. The molecule has 5 heteroatoms. The average molecular weight is 285 g/mol. The van der Waals surface area contributed by atoms with Crippen molar-refractivity contribution in [3.8, 4) is 0 Å². The molecule has 0 radical (unpaired) electrons. The number of carboxylic acids is 1. The molecule has 4 nitrogen and oxygen atoms in total. The number of carbonyl (C=O) groups is 1. The van der Waals surface area contributed by atoms with Crippen LogP contribution in [0.2, 0.25) is 5.02 Å². The number of halogens is 1. The predicted octanol–water partition coefficient (Wildman–Crippen LogP) is 3.04. The van der Waals surface area contributed by atoms with Gasteiger partial charge in [-0.2, -0.15) is 0 Å². The maximum Gasteiger partial charge on any atom is 0.339 e. The SMILES string of the molecule is CC(C)C(CN(C)C)Nc1cccc(Cl)c1C(=O)O. The summed E-state index contributed by atoms with van der Waals surface area (Å²) in [5, 5.41) is 12.8. The first-order valence-electron chi connectivity index (χ1n) is 6.26. The van der Waals surface area contributed by atoms with Crippen LogP contribution in [0.4, 0.5) is 5.69 Å². The molecule has 2 N–H and O–H groups in total. The quantitative estimate of drug-likeness (QED) is 0.843. The number of aromatic carboxylic acids is 1. The van der Waals surface area contributed by atoms with Gasteiger partial charge in [0.15, 0.2) is 0 Å². The zero-order valence-corrected chi connectivity index (χ0v) is 12.5. The maximum atomic E-state index is 11.3. The van der Waals surface area contributed by atoms with Crippen LogP contribution in [0.25, 0.3) is 0 Å². The lowest BCUT2D eigenvalue weighted by Crippen LogP contribution is -2.36. The highest BCUT2D eigenvalue weighted by Gasteiger charge is 2.19. The number of hydrogen-bond acceptors (Lipinski definition) is 3. The third-order valence-electron chi connectivity index (χ3n) is 2.93. The summed E-state index contributed by atoms with van der Waals surface area (Å²) in [4.78, 5) is 13.4. The van der Waals surface area contributed by atoms with Crippen LogP contribution >= 0.6 is 11.6 Å². The minimum atomic E-state index is -1.01. The molecule has 1 aromatic carbocycles. The Balaban J connectivity index is 3.02. The fourth-order valence-corrected chi connectivity index (χ4v) is 2.13. The van der Waals surface area contributed by atoms with Crippen molar-refractivity contribution in [3.05, 3.63) is 28.8 Å². The lowest BCUT2D eigenvalue weighted by molar-refractivity contribution is 0.0698. The van der Waals surface area contributed by atoms with Gasteiger partial charge in [0.2, 0.25) is 0 Å². The van der Waals surface area contributed by atoms with Gasteiger partial charge in [0.25, 0.3) is 0 Å². The van der Waals surface area contributed by atoms with Crippen molar-refractivity contribution in [1.82, 2.24) is 4.90 Å². The molecule has 19 heavy (non-hydrogen) atoms. The fraction of sp³-hybridized carbons (Fsp3) is 0.500. The summed E-state index contributed by atoms with van der Waals surface area (Å²) in [7, 11) is 3.99. The van der Waals surface area contributed by atoms with Crippen molar-refractivity contribution >= 4 is 23.3 Å². The molecule has 1 unspecified atom stereocenters. The van der Waals surface area contributed by atoms with Crippen molar-refractivity contribution in [2.75, 3.05) is 26.0 Å². The van der Waals surface area contributed by atoms with Crippen molar-refractivity contribution in [1.29, 1.82) is 0 Å². The van der Waals surface area contributed by atoms with Crippen LogP contribution in [-0.2, 0) is 0 Å².